The Morgan fingerprint density at radius 3 is 2.55 bits per heavy atom. The molecule has 0 saturated carbocycles. The number of pyridine rings is 1. The number of hydrogen-bond acceptors (Lipinski definition) is 6. The average molecular weight is 454 g/mol. The largest absolute Gasteiger partial charge is 0.416 e. The lowest BCUT2D eigenvalue weighted by molar-refractivity contribution is -0.137. The van der Waals surface area contributed by atoms with E-state index in [1.54, 1.807) is 7.05 Å². The normalized spacial score (nSPS) is 19.9. The third kappa shape index (κ3) is 4.39. The number of halogens is 3. The first-order valence-corrected chi connectivity index (χ1v) is 11.5. The second-order valence-electron chi connectivity index (χ2n) is 7.64. The van der Waals surface area contributed by atoms with Crippen molar-refractivity contribution in [2.45, 2.75) is 25.1 Å². The van der Waals surface area contributed by atoms with Crippen LogP contribution in [0.5, 0.6) is 0 Å². The van der Waals surface area contributed by atoms with Gasteiger partial charge in [0, 0.05) is 30.6 Å². The number of rotatable bonds is 3. The third-order valence-corrected chi connectivity index (χ3v) is 7.18. The zero-order valence-corrected chi connectivity index (χ0v) is 17.4. The molecular weight excluding hydrogens is 433 g/mol. The van der Waals surface area contributed by atoms with Crippen LogP contribution in [-0.4, -0.2) is 41.2 Å². The second kappa shape index (κ2) is 7.81. The SMILES string of the molecule is Cn1cnc2c(-c3ccc(C(F)(F)F)cc3)cnc(NC3CCCS(O)(O)C3)c2c1=O. The van der Waals surface area contributed by atoms with Crippen molar-refractivity contribution < 1.29 is 22.3 Å². The summed E-state index contributed by atoms with van der Waals surface area (Å²) in [5.74, 6) is 0.786. The maximum Gasteiger partial charge on any atom is 0.416 e. The van der Waals surface area contributed by atoms with Crippen molar-refractivity contribution in [1.29, 1.82) is 0 Å². The molecule has 1 aliphatic heterocycles. The molecule has 0 bridgehead atoms. The van der Waals surface area contributed by atoms with Crippen LogP contribution < -0.4 is 10.9 Å². The molecule has 1 fully saturated rings. The molecule has 0 aliphatic carbocycles. The highest BCUT2D eigenvalue weighted by Crippen LogP contribution is 2.44. The zero-order chi connectivity index (χ0) is 22.4. The Kier molecular flexibility index (Phi) is 5.44. The molecule has 0 radical (unpaired) electrons. The van der Waals surface area contributed by atoms with Gasteiger partial charge >= 0.3 is 6.18 Å². The predicted molar refractivity (Wildman–Crippen MR) is 114 cm³/mol. The summed E-state index contributed by atoms with van der Waals surface area (Å²) in [5.41, 5.74) is 0.0514. The molecule has 3 N–H and O–H groups in total. The zero-order valence-electron chi connectivity index (χ0n) is 16.6. The van der Waals surface area contributed by atoms with Crippen LogP contribution >= 0.6 is 10.6 Å². The van der Waals surface area contributed by atoms with Crippen molar-refractivity contribution in [3.63, 3.8) is 0 Å². The number of anilines is 1. The van der Waals surface area contributed by atoms with E-state index < -0.39 is 22.3 Å². The van der Waals surface area contributed by atoms with E-state index in [-0.39, 0.29) is 28.6 Å². The van der Waals surface area contributed by atoms with E-state index in [0.717, 1.165) is 12.1 Å². The minimum absolute atomic E-state index is 0.164. The number of fused-ring (bicyclic) bond motifs is 1. The fourth-order valence-electron chi connectivity index (χ4n) is 3.73. The molecule has 3 aromatic rings. The maximum atomic E-state index is 12.9. The molecule has 1 aliphatic rings. The second-order valence-corrected chi connectivity index (χ2v) is 9.98. The summed E-state index contributed by atoms with van der Waals surface area (Å²) in [5, 5.41) is 3.34. The van der Waals surface area contributed by atoms with Gasteiger partial charge in [-0.1, -0.05) is 12.1 Å². The molecule has 1 saturated heterocycles. The van der Waals surface area contributed by atoms with Crippen LogP contribution in [0.1, 0.15) is 18.4 Å². The van der Waals surface area contributed by atoms with Gasteiger partial charge in [-0.2, -0.15) is 23.8 Å². The van der Waals surface area contributed by atoms with Crippen molar-refractivity contribution in [2.24, 2.45) is 7.05 Å². The van der Waals surface area contributed by atoms with Crippen LogP contribution in [0.3, 0.4) is 0 Å². The third-order valence-electron chi connectivity index (χ3n) is 5.30. The van der Waals surface area contributed by atoms with Crippen molar-refractivity contribution >= 4 is 27.3 Å². The minimum Gasteiger partial charge on any atom is -0.365 e. The van der Waals surface area contributed by atoms with Gasteiger partial charge in [0.15, 0.2) is 0 Å². The van der Waals surface area contributed by atoms with Crippen molar-refractivity contribution in [3.05, 3.63) is 52.7 Å². The molecule has 1 unspecified atom stereocenters. The van der Waals surface area contributed by atoms with Gasteiger partial charge in [-0.05, 0) is 30.5 Å². The predicted octanol–water partition coefficient (Wildman–Crippen LogP) is 4.34. The fraction of sp³-hybridized carbons (Fsp3) is 0.350. The fourth-order valence-corrected chi connectivity index (χ4v) is 5.42. The molecular formula is C20H21F3N4O3S. The maximum absolute atomic E-state index is 12.9. The van der Waals surface area contributed by atoms with Gasteiger partial charge in [0.1, 0.15) is 11.2 Å². The van der Waals surface area contributed by atoms with E-state index in [1.807, 2.05) is 0 Å². The highest BCUT2D eigenvalue weighted by Gasteiger charge is 2.30. The van der Waals surface area contributed by atoms with Crippen molar-refractivity contribution in [1.82, 2.24) is 14.5 Å². The standard InChI is InChI=1S/C20H21F3N4O3S/c1-27-11-25-17-15(12-4-6-13(7-5-12)20(21,22)23)9-24-18(16(17)19(27)28)26-14-3-2-8-31(29,30)10-14/h4-7,9,11,14,29-30H,2-3,8,10H2,1H3,(H,24,26). The quantitative estimate of drug-likeness (QED) is 0.545. The van der Waals surface area contributed by atoms with E-state index in [1.165, 1.54) is 29.2 Å². The summed E-state index contributed by atoms with van der Waals surface area (Å²) in [4.78, 5) is 21.6. The Morgan fingerprint density at radius 1 is 1.19 bits per heavy atom. The molecule has 1 aromatic carbocycles. The summed E-state index contributed by atoms with van der Waals surface area (Å²) in [7, 11) is -1.13. The van der Waals surface area contributed by atoms with Crippen LogP contribution in [0.2, 0.25) is 0 Å². The van der Waals surface area contributed by atoms with Crippen molar-refractivity contribution in [3.8, 4) is 11.1 Å². The van der Waals surface area contributed by atoms with Crippen LogP contribution in [-0.2, 0) is 13.2 Å². The van der Waals surface area contributed by atoms with Gasteiger partial charge in [0.05, 0.1) is 23.2 Å². The number of hydrogen-bond donors (Lipinski definition) is 3. The summed E-state index contributed by atoms with van der Waals surface area (Å²) in [6, 6.07) is 4.32. The van der Waals surface area contributed by atoms with Gasteiger partial charge < -0.3 is 9.88 Å². The number of nitrogens with zero attached hydrogens (tertiary/aromatic N) is 3. The number of nitrogens with one attached hydrogen (secondary N) is 1. The Morgan fingerprint density at radius 2 is 1.90 bits per heavy atom. The van der Waals surface area contributed by atoms with Gasteiger partial charge in [0.2, 0.25) is 0 Å². The van der Waals surface area contributed by atoms with E-state index in [9.17, 15) is 27.1 Å². The first-order valence-electron chi connectivity index (χ1n) is 9.57. The van der Waals surface area contributed by atoms with Crippen LogP contribution in [0.25, 0.3) is 22.0 Å². The average Bonchev–Trinajstić information content (AvgIpc) is 2.69. The smallest absolute Gasteiger partial charge is 0.365 e. The molecule has 0 amide bonds. The monoisotopic (exact) mass is 454 g/mol. The van der Waals surface area contributed by atoms with Crippen LogP contribution in [0.4, 0.5) is 19.0 Å². The Labute approximate surface area is 177 Å². The molecule has 2 aromatic heterocycles. The van der Waals surface area contributed by atoms with Crippen LogP contribution in [0.15, 0.2) is 41.6 Å². The van der Waals surface area contributed by atoms with Gasteiger partial charge in [-0.3, -0.25) is 13.9 Å². The van der Waals surface area contributed by atoms with Crippen molar-refractivity contribution in [2.75, 3.05) is 16.8 Å². The Balaban J connectivity index is 1.79. The molecule has 166 valence electrons. The van der Waals surface area contributed by atoms with E-state index in [0.29, 0.717) is 35.2 Å². The molecule has 0 spiro atoms. The number of alkyl halides is 3. The van der Waals surface area contributed by atoms with Gasteiger partial charge in [0.25, 0.3) is 5.56 Å². The Hall–Kier alpha value is -2.63. The minimum atomic E-state index is -4.45. The lowest BCUT2D eigenvalue weighted by atomic mass is 10.0. The number of benzene rings is 1. The number of aryl methyl sites for hydroxylation is 1. The molecule has 11 heteroatoms. The van der Waals surface area contributed by atoms with E-state index in [2.05, 4.69) is 15.3 Å². The topological polar surface area (TPSA) is 100 Å². The first kappa shape index (κ1) is 21.6. The summed E-state index contributed by atoms with van der Waals surface area (Å²) in [6.07, 6.45) is -0.310. The molecule has 7 nitrogen and oxygen atoms in total. The van der Waals surface area contributed by atoms with Crippen LogP contribution in [0, 0.1) is 0 Å². The van der Waals surface area contributed by atoms with E-state index >= 15 is 0 Å². The van der Waals surface area contributed by atoms with Gasteiger partial charge in [-0.25, -0.2) is 9.97 Å². The first-order chi connectivity index (χ1) is 14.5. The lowest BCUT2D eigenvalue weighted by Crippen LogP contribution is -2.33. The molecule has 3 heterocycles. The highest BCUT2D eigenvalue weighted by molar-refractivity contribution is 8.24. The van der Waals surface area contributed by atoms with Gasteiger partial charge in [-0.15, -0.1) is 0 Å². The summed E-state index contributed by atoms with van der Waals surface area (Å²) >= 11 is 0. The summed E-state index contributed by atoms with van der Waals surface area (Å²) < 4.78 is 60.0. The number of aromatic nitrogens is 3. The lowest BCUT2D eigenvalue weighted by Gasteiger charge is -2.40. The summed E-state index contributed by atoms with van der Waals surface area (Å²) in [6.45, 7) is 0. The molecule has 1 atom stereocenters. The molecule has 31 heavy (non-hydrogen) atoms. The molecule has 4 rings (SSSR count). The highest BCUT2D eigenvalue weighted by atomic mass is 32.3. The van der Waals surface area contributed by atoms with E-state index in [4.69, 9.17) is 0 Å². The Bertz CT molecular complexity index is 1180.